The second-order valence-electron chi connectivity index (χ2n) is 5.64. The van der Waals surface area contributed by atoms with E-state index in [2.05, 4.69) is 20.0 Å². The Morgan fingerprint density at radius 2 is 1.72 bits per heavy atom. The van der Waals surface area contributed by atoms with Crippen molar-refractivity contribution in [1.82, 2.24) is 19.8 Å². The van der Waals surface area contributed by atoms with Crippen LogP contribution in [0.1, 0.15) is 18.2 Å². The zero-order valence-electron chi connectivity index (χ0n) is 12.3. The van der Waals surface area contributed by atoms with E-state index in [1.165, 1.54) is 16.6 Å². The van der Waals surface area contributed by atoms with E-state index in [0.717, 1.165) is 12.1 Å². The highest BCUT2D eigenvalue weighted by molar-refractivity contribution is 5.61. The third-order valence-electron chi connectivity index (χ3n) is 3.81. The number of alkyl halides is 5. The number of rotatable bonds is 3. The molecule has 10 heteroatoms. The zero-order valence-corrected chi connectivity index (χ0v) is 12.3. The average Bonchev–Trinajstić information content (AvgIpc) is 2.98. The second kappa shape index (κ2) is 5.11. The standard InChI is InChI=1S/C15H9F5N4O/c16-14(17)7-10(14)13-22-21-12-6-5-11(23-24(12)13)8-1-3-9(4-2-8)25-15(18,19)20/h1-6,10H,7H2. The molecule has 1 aliphatic carbocycles. The van der Waals surface area contributed by atoms with Gasteiger partial charge < -0.3 is 4.74 Å². The first-order valence-corrected chi connectivity index (χ1v) is 7.19. The highest BCUT2D eigenvalue weighted by Gasteiger charge is 2.60. The molecule has 0 aliphatic heterocycles. The van der Waals surface area contributed by atoms with Gasteiger partial charge in [0, 0.05) is 12.0 Å². The molecule has 0 radical (unpaired) electrons. The van der Waals surface area contributed by atoms with Gasteiger partial charge in [-0.1, -0.05) is 0 Å². The van der Waals surface area contributed by atoms with Gasteiger partial charge in [0.25, 0.3) is 5.92 Å². The van der Waals surface area contributed by atoms with Crippen molar-refractivity contribution in [3.05, 3.63) is 42.2 Å². The lowest BCUT2D eigenvalue weighted by molar-refractivity contribution is -0.274. The summed E-state index contributed by atoms with van der Waals surface area (Å²) in [6.07, 6.45) is -5.07. The molecule has 0 amide bonds. The number of nitrogens with zero attached hydrogens (tertiary/aromatic N) is 4. The highest BCUT2D eigenvalue weighted by atomic mass is 19.4. The third-order valence-corrected chi connectivity index (χ3v) is 3.81. The molecule has 1 atom stereocenters. The number of halogens is 5. The summed E-state index contributed by atoms with van der Waals surface area (Å²) in [5.74, 6) is -4.12. The SMILES string of the molecule is FC(F)(F)Oc1ccc(-c2ccc3nnc(C4CC4(F)F)n3n2)cc1. The molecule has 0 spiro atoms. The van der Waals surface area contributed by atoms with Crippen LogP contribution >= 0.6 is 0 Å². The van der Waals surface area contributed by atoms with Gasteiger partial charge in [-0.25, -0.2) is 8.78 Å². The number of hydrogen-bond acceptors (Lipinski definition) is 4. The molecule has 0 saturated heterocycles. The number of ether oxygens (including phenoxy) is 1. The molecule has 1 aromatic carbocycles. The van der Waals surface area contributed by atoms with E-state index >= 15 is 0 Å². The molecule has 0 N–H and O–H groups in total. The van der Waals surface area contributed by atoms with Crippen LogP contribution in [0.3, 0.4) is 0 Å². The van der Waals surface area contributed by atoms with Crippen molar-refractivity contribution in [3.63, 3.8) is 0 Å². The molecule has 4 rings (SSSR count). The summed E-state index contributed by atoms with van der Waals surface area (Å²) in [7, 11) is 0. The zero-order chi connectivity index (χ0) is 17.8. The first kappa shape index (κ1) is 15.7. The first-order valence-electron chi connectivity index (χ1n) is 7.19. The molecule has 1 unspecified atom stereocenters. The van der Waals surface area contributed by atoms with Gasteiger partial charge in [0.05, 0.1) is 11.6 Å². The van der Waals surface area contributed by atoms with Crippen LogP contribution in [-0.2, 0) is 0 Å². The van der Waals surface area contributed by atoms with E-state index in [1.54, 1.807) is 12.1 Å². The lowest BCUT2D eigenvalue weighted by atomic mass is 10.1. The maximum atomic E-state index is 13.3. The van der Waals surface area contributed by atoms with Crippen LogP contribution in [0.2, 0.25) is 0 Å². The minimum absolute atomic E-state index is 0.0684. The largest absolute Gasteiger partial charge is 0.573 e. The van der Waals surface area contributed by atoms with Crippen molar-refractivity contribution in [2.75, 3.05) is 0 Å². The van der Waals surface area contributed by atoms with Crippen molar-refractivity contribution >= 4 is 5.65 Å². The van der Waals surface area contributed by atoms with Gasteiger partial charge in [0.2, 0.25) is 0 Å². The molecule has 3 aromatic rings. The predicted molar refractivity (Wildman–Crippen MR) is 75.2 cm³/mol. The Morgan fingerprint density at radius 1 is 1.04 bits per heavy atom. The van der Waals surface area contributed by atoms with Crippen molar-refractivity contribution in [1.29, 1.82) is 0 Å². The van der Waals surface area contributed by atoms with Gasteiger partial charge in [0.1, 0.15) is 5.75 Å². The predicted octanol–water partition coefficient (Wildman–Crippen LogP) is 3.81. The van der Waals surface area contributed by atoms with Crippen molar-refractivity contribution in [3.8, 4) is 17.0 Å². The van der Waals surface area contributed by atoms with E-state index in [0.29, 0.717) is 16.9 Å². The molecule has 130 valence electrons. The number of benzene rings is 1. The highest BCUT2D eigenvalue weighted by Crippen LogP contribution is 2.54. The summed E-state index contributed by atoms with van der Waals surface area (Å²) >= 11 is 0. The Balaban J connectivity index is 1.66. The van der Waals surface area contributed by atoms with E-state index in [4.69, 9.17) is 0 Å². The summed E-state index contributed by atoms with van der Waals surface area (Å²) in [6, 6.07) is 8.22. The number of hydrogen-bond donors (Lipinski definition) is 0. The fourth-order valence-electron chi connectivity index (χ4n) is 2.50. The van der Waals surface area contributed by atoms with Crippen LogP contribution < -0.4 is 4.74 Å². The third kappa shape index (κ3) is 2.99. The van der Waals surface area contributed by atoms with E-state index in [-0.39, 0.29) is 18.0 Å². The Bertz CT molecular complexity index is 935. The topological polar surface area (TPSA) is 52.3 Å². The Morgan fingerprint density at radius 3 is 2.32 bits per heavy atom. The van der Waals surface area contributed by atoms with Gasteiger partial charge >= 0.3 is 6.36 Å². The molecule has 5 nitrogen and oxygen atoms in total. The molecule has 2 aromatic heterocycles. The summed E-state index contributed by atoms with van der Waals surface area (Å²) in [5.41, 5.74) is 1.20. The summed E-state index contributed by atoms with van der Waals surface area (Å²) < 4.78 is 68.1. The lowest BCUT2D eigenvalue weighted by Crippen LogP contribution is -2.16. The van der Waals surface area contributed by atoms with Gasteiger partial charge in [-0.15, -0.1) is 23.4 Å². The minimum Gasteiger partial charge on any atom is -0.406 e. The van der Waals surface area contributed by atoms with Crippen LogP contribution in [0.25, 0.3) is 16.9 Å². The maximum absolute atomic E-state index is 13.3. The second-order valence-corrected chi connectivity index (χ2v) is 5.64. The van der Waals surface area contributed by atoms with Crippen LogP contribution in [0.15, 0.2) is 36.4 Å². The van der Waals surface area contributed by atoms with Gasteiger partial charge in [-0.05, 0) is 36.4 Å². The van der Waals surface area contributed by atoms with E-state index in [9.17, 15) is 22.0 Å². The maximum Gasteiger partial charge on any atom is 0.573 e. The smallest absolute Gasteiger partial charge is 0.406 e. The molecule has 2 heterocycles. The summed E-state index contributed by atoms with van der Waals surface area (Å²) in [5, 5.41) is 11.8. The Hall–Kier alpha value is -2.78. The van der Waals surface area contributed by atoms with Crippen molar-refractivity contribution in [2.24, 2.45) is 0 Å². The normalized spacial score (nSPS) is 19.2. The van der Waals surface area contributed by atoms with Gasteiger partial charge in [0.15, 0.2) is 11.5 Å². The first-order chi connectivity index (χ1) is 11.7. The molecule has 25 heavy (non-hydrogen) atoms. The molecular weight excluding hydrogens is 347 g/mol. The fraction of sp³-hybridized carbons (Fsp3) is 0.267. The summed E-state index contributed by atoms with van der Waals surface area (Å²) in [6.45, 7) is 0. The molecule has 1 fully saturated rings. The molecule has 1 saturated carbocycles. The summed E-state index contributed by atoms with van der Waals surface area (Å²) in [4.78, 5) is 0. The quantitative estimate of drug-likeness (QED) is 0.670. The molecule has 1 aliphatic rings. The number of aromatic nitrogens is 4. The van der Waals surface area contributed by atoms with Crippen molar-refractivity contribution in [2.45, 2.75) is 24.6 Å². The molecular formula is C15H9F5N4O. The van der Waals surface area contributed by atoms with Crippen LogP contribution in [-0.4, -0.2) is 32.1 Å². The van der Waals surface area contributed by atoms with E-state index in [1.807, 2.05) is 0 Å². The fourth-order valence-corrected chi connectivity index (χ4v) is 2.50. The van der Waals surface area contributed by atoms with Gasteiger partial charge in [-0.2, -0.15) is 9.61 Å². The lowest BCUT2D eigenvalue weighted by Gasteiger charge is -2.09. The van der Waals surface area contributed by atoms with E-state index < -0.39 is 18.2 Å². The average molecular weight is 356 g/mol. The van der Waals surface area contributed by atoms with Crippen molar-refractivity contribution < 1.29 is 26.7 Å². The molecule has 0 bridgehead atoms. The van der Waals surface area contributed by atoms with Crippen LogP contribution in [0.4, 0.5) is 22.0 Å². The minimum atomic E-state index is -4.77. The number of fused-ring (bicyclic) bond motifs is 1. The van der Waals surface area contributed by atoms with Crippen LogP contribution in [0, 0.1) is 0 Å². The van der Waals surface area contributed by atoms with Crippen LogP contribution in [0.5, 0.6) is 5.75 Å². The Kier molecular flexibility index (Phi) is 3.21. The van der Waals surface area contributed by atoms with Gasteiger partial charge in [-0.3, -0.25) is 0 Å². The monoisotopic (exact) mass is 356 g/mol. The Labute approximate surface area is 137 Å².